The van der Waals surface area contributed by atoms with Crippen LogP contribution in [0.3, 0.4) is 0 Å². The lowest BCUT2D eigenvalue weighted by Gasteiger charge is -2.07. The van der Waals surface area contributed by atoms with Crippen LogP contribution in [0.25, 0.3) is 11.4 Å². The average Bonchev–Trinajstić information content (AvgIpc) is 2.66. The van der Waals surface area contributed by atoms with Gasteiger partial charge in [-0.1, -0.05) is 22.0 Å². The molecule has 0 N–H and O–H groups in total. The summed E-state index contributed by atoms with van der Waals surface area (Å²) in [5.74, 6) is -0.426. The summed E-state index contributed by atoms with van der Waals surface area (Å²) in [6.45, 7) is 1.58. The standard InChI is InChI=1S/C11H10BrF2N3/c1-6-3-4-7(13)9(10(6)14)11-16-15-8(5-12)17(11)2/h3-4H,5H2,1-2H3. The molecule has 1 heterocycles. The Morgan fingerprint density at radius 2 is 2.00 bits per heavy atom. The van der Waals surface area contributed by atoms with E-state index < -0.39 is 11.6 Å². The zero-order valence-electron chi connectivity index (χ0n) is 9.34. The van der Waals surface area contributed by atoms with E-state index in [4.69, 9.17) is 0 Å². The zero-order chi connectivity index (χ0) is 12.6. The predicted molar refractivity (Wildman–Crippen MR) is 63.7 cm³/mol. The van der Waals surface area contributed by atoms with Crippen LogP contribution in [0.4, 0.5) is 8.78 Å². The van der Waals surface area contributed by atoms with Crippen LogP contribution < -0.4 is 0 Å². The van der Waals surface area contributed by atoms with Gasteiger partial charge in [0.1, 0.15) is 17.5 Å². The molecule has 0 atom stereocenters. The van der Waals surface area contributed by atoms with Crippen molar-refractivity contribution in [1.82, 2.24) is 14.8 Å². The first-order valence-corrected chi connectivity index (χ1v) is 6.07. The molecule has 17 heavy (non-hydrogen) atoms. The number of hydrogen-bond acceptors (Lipinski definition) is 2. The molecule has 0 spiro atoms. The van der Waals surface area contributed by atoms with Crippen molar-refractivity contribution >= 4 is 15.9 Å². The van der Waals surface area contributed by atoms with E-state index in [9.17, 15) is 8.78 Å². The van der Waals surface area contributed by atoms with Crippen molar-refractivity contribution in [3.8, 4) is 11.4 Å². The Kier molecular flexibility index (Phi) is 3.24. The fourth-order valence-corrected chi connectivity index (χ4v) is 2.05. The van der Waals surface area contributed by atoms with Crippen molar-refractivity contribution in [3.05, 3.63) is 35.2 Å². The second-order valence-corrected chi connectivity index (χ2v) is 4.25. The Morgan fingerprint density at radius 1 is 1.29 bits per heavy atom. The lowest BCUT2D eigenvalue weighted by Crippen LogP contribution is -2.01. The van der Waals surface area contributed by atoms with E-state index in [1.54, 1.807) is 18.5 Å². The smallest absolute Gasteiger partial charge is 0.169 e. The number of rotatable bonds is 2. The third-order valence-electron chi connectivity index (χ3n) is 2.59. The molecule has 0 unspecified atom stereocenters. The Balaban J connectivity index is 2.68. The molecular formula is C11H10BrF2N3. The third kappa shape index (κ3) is 1.97. The lowest BCUT2D eigenvalue weighted by atomic mass is 10.1. The highest BCUT2D eigenvalue weighted by molar-refractivity contribution is 9.08. The third-order valence-corrected chi connectivity index (χ3v) is 3.09. The van der Waals surface area contributed by atoms with Crippen LogP contribution in [-0.2, 0) is 12.4 Å². The van der Waals surface area contributed by atoms with Crippen molar-refractivity contribution in [2.24, 2.45) is 7.05 Å². The SMILES string of the molecule is Cc1ccc(F)c(-c2nnc(CBr)n2C)c1F. The van der Waals surface area contributed by atoms with Gasteiger partial charge in [0.15, 0.2) is 5.82 Å². The number of aryl methyl sites for hydroxylation is 1. The first-order valence-electron chi connectivity index (χ1n) is 4.95. The molecule has 0 saturated heterocycles. The summed E-state index contributed by atoms with van der Waals surface area (Å²) in [6.07, 6.45) is 0. The van der Waals surface area contributed by atoms with Crippen LogP contribution in [0.1, 0.15) is 11.4 Å². The van der Waals surface area contributed by atoms with Gasteiger partial charge >= 0.3 is 0 Å². The molecule has 2 rings (SSSR count). The van der Waals surface area contributed by atoms with Crippen molar-refractivity contribution in [3.63, 3.8) is 0 Å². The molecule has 1 aromatic heterocycles. The van der Waals surface area contributed by atoms with Gasteiger partial charge in [0.25, 0.3) is 0 Å². The molecule has 0 radical (unpaired) electrons. The summed E-state index contributed by atoms with van der Waals surface area (Å²) < 4.78 is 29.2. The average molecular weight is 302 g/mol. The molecule has 3 nitrogen and oxygen atoms in total. The van der Waals surface area contributed by atoms with E-state index in [1.807, 2.05) is 0 Å². The first-order chi connectivity index (χ1) is 8.06. The Bertz CT molecular complexity index is 566. The van der Waals surface area contributed by atoms with Crippen molar-refractivity contribution < 1.29 is 8.78 Å². The minimum absolute atomic E-state index is 0.132. The maximum atomic E-state index is 13.9. The first kappa shape index (κ1) is 12.2. The van der Waals surface area contributed by atoms with Gasteiger partial charge in [-0.25, -0.2) is 8.78 Å². The van der Waals surface area contributed by atoms with Gasteiger partial charge in [-0.05, 0) is 18.6 Å². The summed E-state index contributed by atoms with van der Waals surface area (Å²) in [5, 5.41) is 8.16. The van der Waals surface area contributed by atoms with E-state index in [2.05, 4.69) is 26.1 Å². The monoisotopic (exact) mass is 301 g/mol. The number of aromatic nitrogens is 3. The van der Waals surface area contributed by atoms with Gasteiger partial charge < -0.3 is 4.57 Å². The van der Waals surface area contributed by atoms with Gasteiger partial charge in [0.2, 0.25) is 0 Å². The van der Waals surface area contributed by atoms with Gasteiger partial charge in [-0.3, -0.25) is 0 Å². The highest BCUT2D eigenvalue weighted by atomic mass is 79.9. The molecule has 0 fully saturated rings. The molecule has 0 saturated carbocycles. The number of nitrogens with zero attached hydrogens (tertiary/aromatic N) is 3. The topological polar surface area (TPSA) is 30.7 Å². The summed E-state index contributed by atoms with van der Waals surface area (Å²) in [4.78, 5) is 0. The summed E-state index contributed by atoms with van der Waals surface area (Å²) in [5.41, 5.74) is 0.247. The molecule has 90 valence electrons. The number of halogens is 3. The van der Waals surface area contributed by atoms with Crippen molar-refractivity contribution in [2.45, 2.75) is 12.3 Å². The van der Waals surface area contributed by atoms with Gasteiger partial charge in [-0.2, -0.15) is 0 Å². The van der Waals surface area contributed by atoms with Gasteiger partial charge in [0, 0.05) is 7.05 Å². The van der Waals surface area contributed by atoms with Crippen LogP contribution in [0.2, 0.25) is 0 Å². The second kappa shape index (κ2) is 4.52. The predicted octanol–water partition coefficient (Wildman–Crippen LogP) is 2.96. The van der Waals surface area contributed by atoms with E-state index in [0.29, 0.717) is 16.7 Å². The zero-order valence-corrected chi connectivity index (χ0v) is 10.9. The maximum Gasteiger partial charge on any atom is 0.169 e. The highest BCUT2D eigenvalue weighted by Crippen LogP contribution is 2.26. The molecule has 0 bridgehead atoms. The van der Waals surface area contributed by atoms with Gasteiger partial charge in [-0.15, -0.1) is 10.2 Å². The van der Waals surface area contributed by atoms with Crippen molar-refractivity contribution in [1.29, 1.82) is 0 Å². The minimum atomic E-state index is -0.635. The van der Waals surface area contributed by atoms with Gasteiger partial charge in [0.05, 0.1) is 10.9 Å². The van der Waals surface area contributed by atoms with Crippen LogP contribution in [-0.4, -0.2) is 14.8 Å². The quantitative estimate of drug-likeness (QED) is 0.799. The number of alkyl halides is 1. The molecule has 0 aliphatic rings. The van der Waals surface area contributed by atoms with E-state index >= 15 is 0 Å². The van der Waals surface area contributed by atoms with Crippen LogP contribution >= 0.6 is 15.9 Å². The Labute approximate surface area is 106 Å². The molecule has 1 aromatic carbocycles. The Morgan fingerprint density at radius 3 is 2.59 bits per heavy atom. The maximum absolute atomic E-state index is 13.9. The molecular weight excluding hydrogens is 292 g/mol. The fourth-order valence-electron chi connectivity index (χ4n) is 1.56. The van der Waals surface area contributed by atoms with E-state index in [0.717, 1.165) is 0 Å². The number of benzene rings is 1. The lowest BCUT2D eigenvalue weighted by molar-refractivity contribution is 0.580. The second-order valence-electron chi connectivity index (χ2n) is 3.69. The highest BCUT2D eigenvalue weighted by Gasteiger charge is 2.19. The fraction of sp³-hybridized carbons (Fsp3) is 0.273. The molecule has 0 aliphatic carbocycles. The number of hydrogen-bond donors (Lipinski definition) is 0. The van der Waals surface area contributed by atoms with E-state index in [1.165, 1.54) is 12.1 Å². The molecule has 0 aliphatic heterocycles. The normalized spacial score (nSPS) is 10.9. The summed E-state index contributed by atoms with van der Waals surface area (Å²) in [7, 11) is 1.67. The van der Waals surface area contributed by atoms with Crippen LogP contribution in [0.5, 0.6) is 0 Å². The molecule has 6 heteroatoms. The van der Waals surface area contributed by atoms with Crippen molar-refractivity contribution in [2.75, 3.05) is 0 Å². The van der Waals surface area contributed by atoms with Crippen LogP contribution in [0, 0.1) is 18.6 Å². The summed E-state index contributed by atoms with van der Waals surface area (Å²) >= 11 is 3.23. The van der Waals surface area contributed by atoms with Crippen LogP contribution in [0.15, 0.2) is 12.1 Å². The Hall–Kier alpha value is -1.30. The summed E-state index contributed by atoms with van der Waals surface area (Å²) in [6, 6.07) is 2.63. The molecule has 0 amide bonds. The van der Waals surface area contributed by atoms with E-state index in [-0.39, 0.29) is 11.4 Å². The largest absolute Gasteiger partial charge is 0.313 e. The minimum Gasteiger partial charge on any atom is -0.313 e. The molecule has 2 aromatic rings.